The lowest BCUT2D eigenvalue weighted by Gasteiger charge is -2.43. The first kappa shape index (κ1) is 21.7. The van der Waals surface area contributed by atoms with Gasteiger partial charge >= 0.3 is 0 Å². The molecule has 0 aromatic heterocycles. The molecule has 0 bridgehead atoms. The summed E-state index contributed by atoms with van der Waals surface area (Å²) in [7, 11) is 0. The van der Waals surface area contributed by atoms with Gasteiger partial charge in [0.25, 0.3) is 0 Å². The summed E-state index contributed by atoms with van der Waals surface area (Å²) in [5.74, 6) is 8.17. The van der Waals surface area contributed by atoms with Crippen LogP contribution in [0.4, 0.5) is 0 Å². The Hall–Kier alpha value is -0.520. The van der Waals surface area contributed by atoms with E-state index in [4.69, 9.17) is 0 Å². The first-order valence-corrected chi connectivity index (χ1v) is 13.5. The van der Waals surface area contributed by atoms with Crippen LogP contribution in [0.2, 0.25) is 0 Å². The molecular formula is C29H48. The normalized spacial score (nSPS) is 44.6. The van der Waals surface area contributed by atoms with Gasteiger partial charge in [-0.25, -0.2) is 0 Å². The first-order valence-electron chi connectivity index (χ1n) is 13.5. The second-order valence-electron chi connectivity index (χ2n) is 11.5. The van der Waals surface area contributed by atoms with Gasteiger partial charge in [-0.1, -0.05) is 18.2 Å². The van der Waals surface area contributed by atoms with Gasteiger partial charge in [0.2, 0.25) is 0 Å². The van der Waals surface area contributed by atoms with E-state index in [1.165, 1.54) is 51.4 Å². The minimum atomic E-state index is 0.830. The van der Waals surface area contributed by atoms with E-state index in [0.29, 0.717) is 0 Å². The Bertz CT molecular complexity index is 498. The molecule has 0 heterocycles. The lowest BCUT2D eigenvalue weighted by atomic mass is 9.63. The van der Waals surface area contributed by atoms with Crippen LogP contribution in [-0.4, -0.2) is 0 Å². The Morgan fingerprint density at radius 2 is 0.724 bits per heavy atom. The molecule has 0 heteroatoms. The summed E-state index contributed by atoms with van der Waals surface area (Å²) in [5.41, 5.74) is 0. The van der Waals surface area contributed by atoms with Crippen molar-refractivity contribution in [1.82, 2.24) is 0 Å². The lowest BCUT2D eigenvalue weighted by molar-refractivity contribution is 0.0898. The molecule has 164 valence electrons. The lowest BCUT2D eigenvalue weighted by Crippen LogP contribution is -2.31. The fourth-order valence-electron chi connectivity index (χ4n) is 8.11. The van der Waals surface area contributed by atoms with Crippen LogP contribution in [0, 0.1) is 47.3 Å². The van der Waals surface area contributed by atoms with Crippen molar-refractivity contribution < 1.29 is 0 Å². The van der Waals surface area contributed by atoms with Gasteiger partial charge in [0.1, 0.15) is 0 Å². The number of rotatable bonds is 5. The van der Waals surface area contributed by atoms with E-state index < -0.39 is 0 Å². The second-order valence-corrected chi connectivity index (χ2v) is 11.5. The number of hydrogen-bond donors (Lipinski definition) is 0. The minimum Gasteiger partial charge on any atom is -0.103 e. The van der Waals surface area contributed by atoms with Crippen molar-refractivity contribution in [2.24, 2.45) is 47.3 Å². The molecule has 0 radical (unpaired) electrons. The predicted molar refractivity (Wildman–Crippen MR) is 127 cm³/mol. The van der Waals surface area contributed by atoms with Gasteiger partial charge in [-0.3, -0.25) is 0 Å². The molecule has 0 N–H and O–H groups in total. The van der Waals surface area contributed by atoms with Crippen molar-refractivity contribution in [3.8, 4) is 0 Å². The van der Waals surface area contributed by atoms with Gasteiger partial charge in [-0.2, -0.15) is 0 Å². The van der Waals surface area contributed by atoms with Crippen molar-refractivity contribution in [2.75, 3.05) is 0 Å². The molecule has 0 aromatic rings. The molecule has 4 aliphatic carbocycles. The quantitative estimate of drug-likeness (QED) is 0.407. The summed E-state index contributed by atoms with van der Waals surface area (Å²) in [6.45, 7) is 6.22. The molecule has 29 heavy (non-hydrogen) atoms. The minimum absolute atomic E-state index is 0.830. The summed E-state index contributed by atoms with van der Waals surface area (Å²) in [5, 5.41) is 0. The third kappa shape index (κ3) is 5.59. The van der Waals surface area contributed by atoms with E-state index in [9.17, 15) is 0 Å². The van der Waals surface area contributed by atoms with Gasteiger partial charge in [-0.15, -0.1) is 6.58 Å². The molecule has 0 spiro atoms. The molecule has 0 nitrogen and oxygen atoms in total. The average molecular weight is 397 g/mol. The molecule has 4 aliphatic rings. The Balaban J connectivity index is 1.15. The maximum absolute atomic E-state index is 4.03. The van der Waals surface area contributed by atoms with E-state index in [1.807, 2.05) is 0 Å². The van der Waals surface area contributed by atoms with Crippen molar-refractivity contribution in [3.05, 3.63) is 24.8 Å². The number of allylic oxidation sites excluding steroid dienone is 3. The zero-order valence-corrected chi connectivity index (χ0v) is 19.4. The molecule has 0 aromatic carbocycles. The van der Waals surface area contributed by atoms with E-state index in [1.54, 1.807) is 51.4 Å². The first-order chi connectivity index (χ1) is 14.3. The fraction of sp³-hybridized carbons (Fsp3) is 0.862. The van der Waals surface area contributed by atoms with Gasteiger partial charge in [0, 0.05) is 0 Å². The summed E-state index contributed by atoms with van der Waals surface area (Å²) in [6.07, 6.45) is 31.3. The van der Waals surface area contributed by atoms with E-state index in [-0.39, 0.29) is 0 Å². The standard InChI is InChI=1S/C29H48/c1-3-5-23-8-12-25(13-9-23)27-16-20-29(21-17-27)28-18-14-26(15-19-28)24-10-6-22(4-2)7-11-24/h3-5,22-29H,2,6-21H2,1H3/b5-3+. The Morgan fingerprint density at radius 3 is 1.00 bits per heavy atom. The van der Waals surface area contributed by atoms with Crippen LogP contribution in [0.5, 0.6) is 0 Å². The molecule has 4 rings (SSSR count). The van der Waals surface area contributed by atoms with Crippen LogP contribution in [-0.2, 0) is 0 Å². The van der Waals surface area contributed by atoms with Crippen LogP contribution in [0.25, 0.3) is 0 Å². The third-order valence-electron chi connectivity index (χ3n) is 10.1. The Labute approximate surface area is 182 Å². The van der Waals surface area contributed by atoms with E-state index in [0.717, 1.165) is 47.3 Å². The van der Waals surface area contributed by atoms with Crippen molar-refractivity contribution in [2.45, 2.75) is 110 Å². The van der Waals surface area contributed by atoms with Crippen molar-refractivity contribution >= 4 is 0 Å². The SMILES string of the molecule is C=CC1CCC(C2CCC(C3CCC(C4CCC(/C=C/C)CC4)CC3)CC2)CC1. The highest BCUT2D eigenvalue weighted by atomic mass is 14.4. The molecule has 0 atom stereocenters. The average Bonchev–Trinajstić information content (AvgIpc) is 2.80. The van der Waals surface area contributed by atoms with Crippen LogP contribution in [0.3, 0.4) is 0 Å². The zero-order chi connectivity index (χ0) is 20.1. The van der Waals surface area contributed by atoms with Crippen LogP contribution in [0.15, 0.2) is 24.8 Å². The highest BCUT2D eigenvalue weighted by Gasteiger charge is 2.36. The Morgan fingerprint density at radius 1 is 0.448 bits per heavy atom. The summed E-state index contributed by atoms with van der Waals surface area (Å²) in [4.78, 5) is 0. The topological polar surface area (TPSA) is 0 Å². The molecule has 0 saturated heterocycles. The maximum atomic E-state index is 4.03. The molecule has 4 saturated carbocycles. The largest absolute Gasteiger partial charge is 0.103 e. The third-order valence-corrected chi connectivity index (χ3v) is 10.1. The number of hydrogen-bond acceptors (Lipinski definition) is 0. The van der Waals surface area contributed by atoms with E-state index >= 15 is 0 Å². The molecular weight excluding hydrogens is 348 g/mol. The maximum Gasteiger partial charge on any atom is -0.0233 e. The summed E-state index contributed by atoms with van der Waals surface area (Å²) >= 11 is 0. The van der Waals surface area contributed by atoms with Gasteiger partial charge in [-0.05, 0) is 157 Å². The van der Waals surface area contributed by atoms with Crippen LogP contribution in [0.1, 0.15) is 110 Å². The highest BCUT2D eigenvalue weighted by Crippen LogP contribution is 2.48. The predicted octanol–water partition coefficient (Wildman–Crippen LogP) is 8.97. The van der Waals surface area contributed by atoms with Crippen molar-refractivity contribution in [1.29, 1.82) is 0 Å². The second kappa shape index (κ2) is 10.7. The van der Waals surface area contributed by atoms with Gasteiger partial charge < -0.3 is 0 Å². The van der Waals surface area contributed by atoms with Crippen LogP contribution < -0.4 is 0 Å². The van der Waals surface area contributed by atoms with Gasteiger partial charge in [0.15, 0.2) is 0 Å². The van der Waals surface area contributed by atoms with Gasteiger partial charge in [0.05, 0.1) is 0 Å². The van der Waals surface area contributed by atoms with Crippen LogP contribution >= 0.6 is 0 Å². The van der Waals surface area contributed by atoms with Crippen molar-refractivity contribution in [3.63, 3.8) is 0 Å². The monoisotopic (exact) mass is 396 g/mol. The highest BCUT2D eigenvalue weighted by molar-refractivity contribution is 4.92. The molecule has 0 amide bonds. The molecule has 0 aliphatic heterocycles. The molecule has 4 fully saturated rings. The van der Waals surface area contributed by atoms with E-state index in [2.05, 4.69) is 31.7 Å². The summed E-state index contributed by atoms with van der Waals surface area (Å²) < 4.78 is 0. The Kier molecular flexibility index (Phi) is 7.99. The smallest absolute Gasteiger partial charge is 0.0233 e. The zero-order valence-electron chi connectivity index (χ0n) is 19.4. The molecule has 0 unspecified atom stereocenters. The summed E-state index contributed by atoms with van der Waals surface area (Å²) in [6, 6.07) is 0. The fourth-order valence-corrected chi connectivity index (χ4v) is 8.11.